The van der Waals surface area contributed by atoms with Gasteiger partial charge in [0.25, 0.3) is 0 Å². The lowest BCUT2D eigenvalue weighted by Crippen LogP contribution is -2.56. The molecule has 0 spiro atoms. The highest BCUT2D eigenvalue weighted by atomic mass is 16.4. The number of carboxylic acid groups (broad SMARTS) is 2. The van der Waals surface area contributed by atoms with Gasteiger partial charge < -0.3 is 70.3 Å². The van der Waals surface area contributed by atoms with Crippen molar-refractivity contribution in [1.29, 1.82) is 0 Å². The van der Waals surface area contributed by atoms with Gasteiger partial charge in [-0.3, -0.25) is 38.8 Å². The topological polar surface area (TPSA) is 380 Å². The molecule has 0 aliphatic carbocycles. The van der Waals surface area contributed by atoms with Crippen molar-refractivity contribution in [2.45, 2.75) is 95.4 Å². The summed E-state index contributed by atoms with van der Waals surface area (Å²) in [4.78, 5) is 91.6. The van der Waals surface area contributed by atoms with Crippen molar-refractivity contribution >= 4 is 53.8 Å². The molecular formula is C29H54N12O9. The van der Waals surface area contributed by atoms with E-state index in [-0.39, 0.29) is 49.6 Å². The van der Waals surface area contributed by atoms with Crippen LogP contribution < -0.4 is 50.4 Å². The Labute approximate surface area is 290 Å². The molecule has 21 heteroatoms. The first kappa shape index (κ1) is 44.9. The number of likely N-dealkylation sites (tertiary alicyclic amines) is 1. The highest BCUT2D eigenvalue weighted by Crippen LogP contribution is 2.18. The third kappa shape index (κ3) is 19.1. The van der Waals surface area contributed by atoms with Crippen molar-refractivity contribution in [1.82, 2.24) is 20.9 Å². The Morgan fingerprint density at radius 1 is 0.860 bits per heavy atom. The molecule has 1 aliphatic rings. The van der Waals surface area contributed by atoms with Gasteiger partial charge in [0.2, 0.25) is 23.6 Å². The van der Waals surface area contributed by atoms with Crippen LogP contribution in [0.5, 0.6) is 0 Å². The summed E-state index contributed by atoms with van der Waals surface area (Å²) in [6.45, 7) is 4.02. The molecule has 17 N–H and O–H groups in total. The van der Waals surface area contributed by atoms with Crippen LogP contribution in [0.2, 0.25) is 0 Å². The number of nitrogens with one attached hydrogen (secondary N) is 3. The minimum Gasteiger partial charge on any atom is -0.481 e. The van der Waals surface area contributed by atoms with Gasteiger partial charge in [-0.05, 0) is 50.9 Å². The second-order valence-corrected chi connectivity index (χ2v) is 11.8. The van der Waals surface area contributed by atoms with Gasteiger partial charge in [-0.2, -0.15) is 0 Å². The summed E-state index contributed by atoms with van der Waals surface area (Å²) >= 11 is 0. The molecule has 5 atom stereocenters. The molecule has 21 nitrogen and oxygen atoms in total. The summed E-state index contributed by atoms with van der Waals surface area (Å²) in [5, 5.41) is 24.0. The summed E-state index contributed by atoms with van der Waals surface area (Å²) in [7, 11) is 0. The van der Waals surface area contributed by atoms with E-state index in [1.165, 1.54) is 4.90 Å². The fraction of sp³-hybridized carbons (Fsp3) is 0.690. The highest BCUT2D eigenvalue weighted by molar-refractivity contribution is 5.94. The second-order valence-electron chi connectivity index (χ2n) is 11.8. The first-order valence-electron chi connectivity index (χ1n) is 16.1. The summed E-state index contributed by atoms with van der Waals surface area (Å²) in [5.74, 6) is -4.75. The van der Waals surface area contributed by atoms with Crippen LogP contribution in [-0.2, 0) is 33.6 Å². The van der Waals surface area contributed by atoms with Crippen molar-refractivity contribution in [3.05, 3.63) is 0 Å². The number of hydrogen-bond acceptors (Lipinski definition) is 11. The zero-order valence-electron chi connectivity index (χ0n) is 28.6. The van der Waals surface area contributed by atoms with Gasteiger partial charge in [0.05, 0.1) is 18.6 Å². The number of aliphatic carboxylic acids is 2. The first-order valence-corrected chi connectivity index (χ1v) is 16.1. The van der Waals surface area contributed by atoms with Crippen LogP contribution in [0.3, 0.4) is 0 Å². The lowest BCUT2D eigenvalue weighted by Gasteiger charge is -2.27. The number of aliphatic imine (C=N–C) groups is 2. The molecule has 284 valence electrons. The maximum Gasteiger partial charge on any atom is 0.320 e. The average Bonchev–Trinajstić information content (AvgIpc) is 3.53. The molecule has 1 fully saturated rings. The van der Waals surface area contributed by atoms with E-state index in [1.807, 2.05) is 0 Å². The second kappa shape index (κ2) is 24.1. The molecule has 4 amide bonds. The third-order valence-corrected chi connectivity index (χ3v) is 7.28. The van der Waals surface area contributed by atoms with Crippen molar-refractivity contribution in [3.63, 3.8) is 0 Å². The number of rotatable bonds is 21. The van der Waals surface area contributed by atoms with Crippen molar-refractivity contribution in [2.75, 3.05) is 26.2 Å². The van der Waals surface area contributed by atoms with Crippen LogP contribution in [0.4, 0.5) is 0 Å². The number of nitrogens with zero attached hydrogens (tertiary/aromatic N) is 3. The molecule has 0 aromatic heterocycles. The molecule has 1 saturated heterocycles. The molecule has 1 aliphatic heterocycles. The van der Waals surface area contributed by atoms with E-state index in [0.29, 0.717) is 45.2 Å². The van der Waals surface area contributed by atoms with Crippen LogP contribution in [0.1, 0.15) is 65.2 Å². The quantitative estimate of drug-likeness (QED) is 0.0231. The number of carbonyl (C=O) groups is 7. The Morgan fingerprint density at radius 3 is 1.94 bits per heavy atom. The van der Waals surface area contributed by atoms with Crippen molar-refractivity contribution < 1.29 is 43.8 Å². The number of guanidine groups is 2. The van der Waals surface area contributed by atoms with Gasteiger partial charge in [0.1, 0.15) is 24.4 Å². The molecule has 1 heterocycles. The van der Waals surface area contributed by atoms with Crippen molar-refractivity contribution in [2.24, 2.45) is 50.3 Å². The van der Waals surface area contributed by atoms with Crippen LogP contribution in [0.15, 0.2) is 9.98 Å². The summed E-state index contributed by atoms with van der Waals surface area (Å²) in [6, 6.07) is -4.36. The van der Waals surface area contributed by atoms with Gasteiger partial charge in [-0.1, -0.05) is 13.8 Å². The lowest BCUT2D eigenvalue weighted by atomic mass is 10.0. The Balaban J connectivity index is 0.00000207. The predicted molar refractivity (Wildman–Crippen MR) is 183 cm³/mol. The molecule has 0 aromatic carbocycles. The Morgan fingerprint density at radius 2 is 1.44 bits per heavy atom. The molecule has 0 saturated carbocycles. The van der Waals surface area contributed by atoms with E-state index >= 15 is 0 Å². The molecule has 1 rings (SSSR count). The maximum absolute atomic E-state index is 13.1. The fourth-order valence-electron chi connectivity index (χ4n) is 4.54. The first-order chi connectivity index (χ1) is 23.4. The van der Waals surface area contributed by atoms with Gasteiger partial charge in [0.15, 0.2) is 11.9 Å². The predicted octanol–water partition coefficient (Wildman–Crippen LogP) is -4.38. The van der Waals surface area contributed by atoms with Crippen molar-refractivity contribution in [3.8, 4) is 0 Å². The van der Waals surface area contributed by atoms with E-state index in [2.05, 4.69) is 25.9 Å². The third-order valence-electron chi connectivity index (χ3n) is 7.28. The zero-order chi connectivity index (χ0) is 38.4. The number of carboxylic acids is 2. The SMILES string of the molecule is CC(C)C(NC(=O)C(N)CCCN=C(N)N)C(=O)NCC(=O)NC(CCCN=C(N)N)C(=O)N1CCCC1C=O.NC(CCC(=O)O)C(=O)O. The van der Waals surface area contributed by atoms with Crippen LogP contribution >= 0.6 is 0 Å². The van der Waals surface area contributed by atoms with Crippen LogP contribution in [0, 0.1) is 5.92 Å². The van der Waals surface area contributed by atoms with E-state index < -0.39 is 66.4 Å². The van der Waals surface area contributed by atoms with Gasteiger partial charge in [-0.15, -0.1) is 0 Å². The minimum atomic E-state index is -1.17. The molecule has 50 heavy (non-hydrogen) atoms. The van der Waals surface area contributed by atoms with E-state index in [4.69, 9.17) is 44.6 Å². The summed E-state index contributed by atoms with van der Waals surface area (Å²) < 4.78 is 0. The smallest absolute Gasteiger partial charge is 0.320 e. The zero-order valence-corrected chi connectivity index (χ0v) is 28.6. The number of amides is 4. The molecule has 0 radical (unpaired) electrons. The summed E-state index contributed by atoms with van der Waals surface area (Å²) in [5.41, 5.74) is 32.1. The standard InChI is InChI=1S/C24H45N11O5.C5H9NO4/c1-14(2)19(34-20(38)16(25)7-3-9-30-23(26)27)21(39)32-12-18(37)33-17(8-4-10-31-24(28)29)22(40)35-11-5-6-15(35)13-36;6-3(5(9)10)1-2-4(7)8/h13-17,19H,3-12,25H2,1-2H3,(H,32,39)(H,33,37)(H,34,38)(H4,26,27,30)(H4,28,29,31);3H,1-2,6H2,(H,7,8)(H,9,10). The molecular weight excluding hydrogens is 660 g/mol. The highest BCUT2D eigenvalue weighted by Gasteiger charge is 2.34. The molecule has 5 unspecified atom stereocenters. The lowest BCUT2D eigenvalue weighted by molar-refractivity contribution is -0.140. The normalized spacial score (nSPS) is 15.9. The van der Waals surface area contributed by atoms with Gasteiger partial charge in [-0.25, -0.2) is 0 Å². The molecule has 0 aromatic rings. The average molecular weight is 715 g/mol. The maximum atomic E-state index is 13.1. The van der Waals surface area contributed by atoms with Gasteiger partial charge in [0, 0.05) is 26.1 Å². The van der Waals surface area contributed by atoms with Crippen LogP contribution in [-0.4, -0.2) is 125 Å². The Hall–Kier alpha value is -5.05. The number of hydrogen-bond donors (Lipinski definition) is 11. The monoisotopic (exact) mass is 714 g/mol. The summed E-state index contributed by atoms with van der Waals surface area (Å²) in [6.07, 6.45) is 3.14. The Kier molecular flexibility index (Phi) is 21.7. The number of carbonyl (C=O) groups excluding carboxylic acids is 5. The van der Waals surface area contributed by atoms with E-state index in [9.17, 15) is 33.6 Å². The number of aldehydes is 1. The molecule has 0 bridgehead atoms. The fourth-order valence-corrected chi connectivity index (χ4v) is 4.54. The van der Waals surface area contributed by atoms with Crippen LogP contribution in [0.25, 0.3) is 0 Å². The minimum absolute atomic E-state index is 0.0231. The van der Waals surface area contributed by atoms with E-state index in [1.54, 1.807) is 13.8 Å². The largest absolute Gasteiger partial charge is 0.481 e. The van der Waals surface area contributed by atoms with Gasteiger partial charge >= 0.3 is 11.9 Å². The number of nitrogens with two attached hydrogens (primary N) is 6. The van der Waals surface area contributed by atoms with E-state index in [0.717, 1.165) is 6.29 Å². The Bertz CT molecular complexity index is 1210.